The van der Waals surface area contributed by atoms with Crippen molar-refractivity contribution < 1.29 is 71.9 Å². The number of nitrogens with zero attached hydrogens (tertiary/aromatic N) is 2. The van der Waals surface area contributed by atoms with E-state index in [0.717, 1.165) is 21.6 Å². The number of rotatable bonds is 22. The van der Waals surface area contributed by atoms with Gasteiger partial charge in [-0.25, -0.2) is 9.59 Å². The van der Waals surface area contributed by atoms with Crippen molar-refractivity contribution in [1.82, 2.24) is 15.5 Å². The Balaban J connectivity index is 1.17. The number of allylic oxidation sites excluding steroid dienone is 3. The lowest BCUT2D eigenvalue weighted by Crippen LogP contribution is -2.53. The third-order valence-electron chi connectivity index (χ3n) is 15.9. The minimum absolute atomic E-state index is 0.00506. The second kappa shape index (κ2) is 28.4. The van der Waals surface area contributed by atoms with E-state index in [4.69, 9.17) is 41.0 Å². The molecule has 446 valence electrons. The first kappa shape index (κ1) is 64.2. The number of primary amides is 1. The van der Waals surface area contributed by atoms with E-state index in [1.54, 1.807) is 39.1 Å². The van der Waals surface area contributed by atoms with E-state index in [2.05, 4.69) is 16.0 Å². The number of fused-ring (bicyclic) bond motifs is 5. The zero-order valence-electron chi connectivity index (χ0n) is 48.3. The van der Waals surface area contributed by atoms with Crippen LogP contribution in [0.5, 0.6) is 5.75 Å². The van der Waals surface area contributed by atoms with Gasteiger partial charge in [0.2, 0.25) is 11.8 Å². The minimum atomic E-state index is -1.64. The number of methoxy groups -OCH3 is 2. The van der Waals surface area contributed by atoms with Crippen molar-refractivity contribution in [1.29, 1.82) is 0 Å². The molecule has 6 N–H and O–H groups in total. The van der Waals surface area contributed by atoms with Crippen LogP contribution in [-0.2, 0) is 65.4 Å². The Hall–Kier alpha value is -6.94. The summed E-state index contributed by atoms with van der Waals surface area (Å²) in [6, 6.07) is 6.55. The highest BCUT2D eigenvalue weighted by Gasteiger charge is 2.64. The Morgan fingerprint density at radius 2 is 1.71 bits per heavy atom. The molecule has 4 heterocycles. The second-order valence-corrected chi connectivity index (χ2v) is 22.9. The van der Waals surface area contributed by atoms with E-state index in [0.29, 0.717) is 42.0 Å². The summed E-state index contributed by atoms with van der Waals surface area (Å²) in [5, 5.41) is 20.4. The number of ether oxygens (including phenoxy) is 5. The lowest BCUT2D eigenvalue weighted by molar-refractivity contribution is -0.187. The van der Waals surface area contributed by atoms with Crippen molar-refractivity contribution >= 4 is 76.3 Å². The number of aryl methyl sites for hydroxylation is 1. The number of nitrogens with two attached hydrogens (primary N) is 1. The number of amides is 7. The molecule has 0 spiro atoms. The number of epoxide rings is 1. The Morgan fingerprint density at radius 3 is 2.38 bits per heavy atom. The molecule has 22 heteroatoms. The van der Waals surface area contributed by atoms with Crippen LogP contribution in [0.4, 0.5) is 21.0 Å². The van der Waals surface area contributed by atoms with Gasteiger partial charge in [0.05, 0.1) is 42.8 Å². The van der Waals surface area contributed by atoms with Crippen molar-refractivity contribution in [3.8, 4) is 5.75 Å². The highest BCUT2D eigenvalue weighted by molar-refractivity contribution is 6.34. The molecule has 4 bridgehead atoms. The fourth-order valence-corrected chi connectivity index (χ4v) is 11.2. The molecule has 2 fully saturated rings. The van der Waals surface area contributed by atoms with E-state index < -0.39 is 89.2 Å². The maximum Gasteiger partial charge on any atom is 0.412 e. The van der Waals surface area contributed by atoms with Crippen LogP contribution >= 0.6 is 11.6 Å². The van der Waals surface area contributed by atoms with Crippen LogP contribution in [0.15, 0.2) is 66.3 Å². The Labute approximate surface area is 484 Å². The molecule has 6 rings (SSSR count). The average Bonchev–Trinajstić information content (AvgIpc) is 2.27. The number of hydrogen-bond acceptors (Lipinski definition) is 15. The number of unbranched alkanes of at least 4 members (excludes halogenated alkanes) is 2. The summed E-state index contributed by atoms with van der Waals surface area (Å²) in [5.74, 6) is -4.24. The molecule has 9 atom stereocenters. The molecule has 82 heavy (non-hydrogen) atoms. The van der Waals surface area contributed by atoms with Gasteiger partial charge in [0.1, 0.15) is 41.0 Å². The maximum absolute atomic E-state index is 14.4. The van der Waals surface area contributed by atoms with Gasteiger partial charge in [-0.15, -0.1) is 0 Å². The zero-order chi connectivity index (χ0) is 60.2. The lowest BCUT2D eigenvalue weighted by Gasteiger charge is -2.41. The van der Waals surface area contributed by atoms with Crippen molar-refractivity contribution in [3.05, 3.63) is 88.0 Å². The quantitative estimate of drug-likeness (QED) is 0.0355. The fourth-order valence-electron chi connectivity index (χ4n) is 11.0. The van der Waals surface area contributed by atoms with Gasteiger partial charge in [-0.2, -0.15) is 0 Å². The molecule has 0 unspecified atom stereocenters. The molecule has 0 radical (unpaired) electrons. The van der Waals surface area contributed by atoms with Crippen molar-refractivity contribution in [2.24, 2.45) is 23.5 Å². The summed E-state index contributed by atoms with van der Waals surface area (Å²) in [6.45, 7) is 11.3. The third kappa shape index (κ3) is 16.6. The van der Waals surface area contributed by atoms with Crippen LogP contribution in [0.25, 0.3) is 0 Å². The number of nitrogens with one attached hydrogen (secondary N) is 3. The largest absolute Gasteiger partial charge is 0.496 e. The van der Waals surface area contributed by atoms with E-state index in [1.807, 2.05) is 45.9 Å². The van der Waals surface area contributed by atoms with Crippen LogP contribution in [-0.4, -0.2) is 139 Å². The number of Topliss-reactive ketones (excluding diaryl/α,β-unsaturated/α-hetero) is 2. The van der Waals surface area contributed by atoms with Crippen molar-refractivity contribution in [3.63, 3.8) is 0 Å². The Bertz CT molecular complexity index is 2830. The molecule has 4 aliphatic rings. The number of urea groups is 1. The Kier molecular flexibility index (Phi) is 22.2. The summed E-state index contributed by atoms with van der Waals surface area (Å²) in [5.41, 5.74) is 5.95. The summed E-state index contributed by atoms with van der Waals surface area (Å²) >= 11 is 6.86. The molecule has 0 aromatic heterocycles. The number of anilines is 2. The van der Waals surface area contributed by atoms with Crippen LogP contribution < -0.4 is 31.3 Å². The maximum atomic E-state index is 14.4. The molecule has 0 saturated carbocycles. The molecule has 2 aromatic carbocycles. The van der Waals surface area contributed by atoms with Gasteiger partial charge in [0.25, 0.3) is 11.8 Å². The van der Waals surface area contributed by atoms with Gasteiger partial charge in [0.15, 0.2) is 5.78 Å². The standard InChI is InChI=1S/C60H79ClN6O15/c1-34(2)42(30-41(68)16-11-10-12-24-67-50(70)21-22-51(67)71)56(74)65-43(17-14-23-63-57(62)75)45(69)28-39-19-20-40(29-46(39)78-8)64-58(76)81-49-31-52(72)66(7)44-27-38(26-36(4)54(44)61)25-35(3)15-13-18-48(79-9)60(77)32-47(80-53(73)33-60)37(5)55-59(49,6)82-55/h13,15,18-22,26-27,29,34,37,42-43,47-49,55,77H,10-12,14,16-17,23-25,28,30-33H2,1-9H3,(H,64,76)(H,65,74)(H3,62,63,75)/b18-13+,35-15+/t37-,42+,43+,47+,48-,49+,55+,59+,60-/m1/s1. The highest BCUT2D eigenvalue weighted by atomic mass is 35.5. The number of imide groups is 1. The average molecular weight is 1160 g/mol. The predicted molar refractivity (Wildman–Crippen MR) is 305 cm³/mol. The van der Waals surface area contributed by atoms with Crippen LogP contribution in [0.3, 0.4) is 0 Å². The number of carbonyl (C=O) groups is 9. The van der Waals surface area contributed by atoms with Crippen molar-refractivity contribution in [2.75, 3.05) is 44.6 Å². The van der Waals surface area contributed by atoms with Gasteiger partial charge >= 0.3 is 18.1 Å². The van der Waals surface area contributed by atoms with Gasteiger partial charge in [-0.05, 0) is 82.1 Å². The number of hydrogen-bond donors (Lipinski definition) is 5. The SMILES string of the molecule is COc1cc(NC(=O)O[C@H]2CC(=O)N(C)c3cc(cc(C)c3Cl)C/C(C)=C/C=C/[C@@H](OC)[C@]3(O)CC(=O)O[C@@H](C3)[C@@H](C)[C@@H]3O[C@@]23C)ccc1CC(=O)[C@H](CCCNC(N)=O)NC(=O)[C@@H](CC(=O)CCCCCN1C(=O)C=CC1=O)C(C)C. The van der Waals surface area contributed by atoms with Gasteiger partial charge < -0.3 is 50.1 Å². The van der Waals surface area contributed by atoms with E-state index in [1.165, 1.54) is 43.4 Å². The summed E-state index contributed by atoms with van der Waals surface area (Å²) < 4.78 is 29.8. The molecular formula is C60H79ClN6O15. The molecular weight excluding hydrogens is 1080 g/mol. The third-order valence-corrected chi connectivity index (χ3v) is 16.3. The number of esters is 1. The van der Waals surface area contributed by atoms with Crippen LogP contribution in [0.2, 0.25) is 5.02 Å². The lowest BCUT2D eigenvalue weighted by atomic mass is 9.78. The number of halogens is 1. The topological polar surface area (TPSA) is 292 Å². The predicted octanol–water partition coefficient (Wildman–Crippen LogP) is 6.69. The van der Waals surface area contributed by atoms with E-state index >= 15 is 0 Å². The molecule has 2 saturated heterocycles. The first-order valence-electron chi connectivity index (χ1n) is 27.9. The summed E-state index contributed by atoms with van der Waals surface area (Å²) in [6.07, 6.45) is 4.90. The summed E-state index contributed by atoms with van der Waals surface area (Å²) in [7, 11) is 4.42. The number of aliphatic hydroxyl groups is 1. The number of ketones is 2. The van der Waals surface area contributed by atoms with Gasteiger partial charge in [-0.1, -0.05) is 74.7 Å². The smallest absolute Gasteiger partial charge is 0.412 e. The zero-order valence-corrected chi connectivity index (χ0v) is 49.1. The molecule has 4 aliphatic heterocycles. The minimum Gasteiger partial charge on any atom is -0.496 e. The normalized spacial score (nSPS) is 25.5. The van der Waals surface area contributed by atoms with Crippen LogP contribution in [0, 0.1) is 24.7 Å². The number of benzene rings is 2. The van der Waals surface area contributed by atoms with Gasteiger partial charge in [-0.3, -0.25) is 43.8 Å². The van der Waals surface area contributed by atoms with Crippen molar-refractivity contribution in [2.45, 2.75) is 160 Å². The Morgan fingerprint density at radius 1 is 0.988 bits per heavy atom. The monoisotopic (exact) mass is 1160 g/mol. The highest BCUT2D eigenvalue weighted by Crippen LogP contribution is 2.50. The molecule has 2 aromatic rings. The van der Waals surface area contributed by atoms with Gasteiger partial charge in [0, 0.05) is 94.2 Å². The first-order valence-corrected chi connectivity index (χ1v) is 28.2. The van der Waals surface area contributed by atoms with Crippen LogP contribution in [0.1, 0.15) is 116 Å². The molecule has 21 nitrogen and oxygen atoms in total. The van der Waals surface area contributed by atoms with E-state index in [-0.39, 0.29) is 99.4 Å². The molecule has 0 aliphatic carbocycles. The second-order valence-electron chi connectivity index (χ2n) is 22.5. The summed E-state index contributed by atoms with van der Waals surface area (Å²) in [4.78, 5) is 121. The fraction of sp³-hybridized carbons (Fsp3) is 0.550. The first-order chi connectivity index (χ1) is 38.8. The van der Waals surface area contributed by atoms with E-state index in [9.17, 15) is 48.3 Å². The molecule has 7 amide bonds. The number of carbonyl (C=O) groups excluding carboxylic acids is 9.